The smallest absolute Gasteiger partial charge is 0.410 e. The van der Waals surface area contributed by atoms with Gasteiger partial charge < -0.3 is 20.3 Å². The Morgan fingerprint density at radius 1 is 1.35 bits per heavy atom. The Labute approximate surface area is 153 Å². The summed E-state index contributed by atoms with van der Waals surface area (Å²) in [7, 11) is 0. The van der Waals surface area contributed by atoms with Crippen molar-refractivity contribution in [2.24, 2.45) is 10.7 Å². The summed E-state index contributed by atoms with van der Waals surface area (Å²) in [6.07, 6.45) is 1.40. The Balaban J connectivity index is 0.00000264. The van der Waals surface area contributed by atoms with E-state index in [0.29, 0.717) is 38.7 Å². The number of aromatic nitrogens is 2. The lowest BCUT2D eigenvalue weighted by Gasteiger charge is -2.36. The molecule has 9 heteroatoms. The normalized spacial score (nSPS) is 16.0. The van der Waals surface area contributed by atoms with Crippen LogP contribution >= 0.6 is 24.0 Å². The number of halogens is 1. The molecule has 2 heterocycles. The van der Waals surface area contributed by atoms with Crippen molar-refractivity contribution in [2.75, 3.05) is 26.2 Å². The minimum absolute atomic E-state index is 0. The van der Waals surface area contributed by atoms with Crippen molar-refractivity contribution in [1.29, 1.82) is 0 Å². The average molecular weight is 436 g/mol. The van der Waals surface area contributed by atoms with E-state index in [0.717, 1.165) is 5.69 Å². The molecule has 0 spiro atoms. The quantitative estimate of drug-likeness (QED) is 0.415. The van der Waals surface area contributed by atoms with Crippen molar-refractivity contribution >= 4 is 36.0 Å². The van der Waals surface area contributed by atoms with Crippen LogP contribution in [0.3, 0.4) is 0 Å². The highest BCUT2D eigenvalue weighted by Crippen LogP contribution is 2.11. The van der Waals surface area contributed by atoms with Crippen LogP contribution in [0.5, 0.6) is 0 Å². The first-order valence-electron chi connectivity index (χ1n) is 7.36. The number of aromatic amines is 1. The first-order chi connectivity index (χ1) is 10.3. The second kappa shape index (κ2) is 8.37. The Morgan fingerprint density at radius 2 is 1.96 bits per heavy atom. The first-order valence-corrected chi connectivity index (χ1v) is 7.36. The van der Waals surface area contributed by atoms with Crippen molar-refractivity contribution in [3.05, 3.63) is 18.0 Å². The molecule has 0 unspecified atom stereocenters. The standard InChI is InChI=1S/C14H24N6O2.HI/c1-14(2,3)22-13(21)20-8-6-19(7-9-20)12(15)16-10-11-4-5-17-18-11;/h4-5H,6-10H2,1-3H3,(H2,15,16)(H,17,18);1H. The molecule has 0 atom stereocenters. The Morgan fingerprint density at radius 3 is 2.48 bits per heavy atom. The van der Waals surface area contributed by atoms with E-state index in [2.05, 4.69) is 15.2 Å². The highest BCUT2D eigenvalue weighted by atomic mass is 127. The summed E-state index contributed by atoms with van der Waals surface area (Å²) in [4.78, 5) is 20.0. The molecule has 1 aliphatic rings. The van der Waals surface area contributed by atoms with Crippen LogP contribution in [0.25, 0.3) is 0 Å². The number of carbonyl (C=O) groups is 1. The molecule has 1 aromatic heterocycles. The molecule has 1 saturated heterocycles. The van der Waals surface area contributed by atoms with Gasteiger partial charge in [-0.05, 0) is 26.8 Å². The van der Waals surface area contributed by atoms with Crippen molar-refractivity contribution in [3.8, 4) is 0 Å². The summed E-state index contributed by atoms with van der Waals surface area (Å²) < 4.78 is 5.37. The van der Waals surface area contributed by atoms with E-state index in [4.69, 9.17) is 10.5 Å². The highest BCUT2D eigenvalue weighted by Gasteiger charge is 2.26. The van der Waals surface area contributed by atoms with Crippen molar-refractivity contribution in [1.82, 2.24) is 20.0 Å². The highest BCUT2D eigenvalue weighted by molar-refractivity contribution is 14.0. The number of nitrogens with two attached hydrogens (primary N) is 1. The topological polar surface area (TPSA) is 99.8 Å². The lowest BCUT2D eigenvalue weighted by atomic mass is 10.2. The maximum Gasteiger partial charge on any atom is 0.410 e. The van der Waals surface area contributed by atoms with Crippen LogP contribution in [-0.2, 0) is 11.3 Å². The fourth-order valence-corrected chi connectivity index (χ4v) is 2.08. The fourth-order valence-electron chi connectivity index (χ4n) is 2.08. The van der Waals surface area contributed by atoms with Gasteiger partial charge in [-0.25, -0.2) is 9.79 Å². The number of carbonyl (C=O) groups excluding carboxylic acids is 1. The monoisotopic (exact) mass is 436 g/mol. The lowest BCUT2D eigenvalue weighted by Crippen LogP contribution is -2.53. The van der Waals surface area contributed by atoms with Crippen LogP contribution in [0, 0.1) is 0 Å². The predicted octanol–water partition coefficient (Wildman–Crippen LogP) is 1.40. The molecule has 8 nitrogen and oxygen atoms in total. The Hall–Kier alpha value is -1.52. The molecule has 1 amide bonds. The molecule has 0 radical (unpaired) electrons. The van der Waals surface area contributed by atoms with Crippen LogP contribution in [0.2, 0.25) is 0 Å². The molecule has 0 bridgehead atoms. The van der Waals surface area contributed by atoms with Gasteiger partial charge >= 0.3 is 6.09 Å². The van der Waals surface area contributed by atoms with Crippen LogP contribution in [0.4, 0.5) is 4.79 Å². The molecule has 23 heavy (non-hydrogen) atoms. The third-order valence-corrected chi connectivity index (χ3v) is 3.23. The van der Waals surface area contributed by atoms with Gasteiger partial charge in [-0.15, -0.1) is 24.0 Å². The minimum Gasteiger partial charge on any atom is -0.444 e. The molecule has 1 aromatic rings. The number of nitrogens with zero attached hydrogens (tertiary/aromatic N) is 4. The number of hydrogen-bond acceptors (Lipinski definition) is 4. The molecule has 2 rings (SSSR count). The number of nitrogens with one attached hydrogen (secondary N) is 1. The van der Waals surface area contributed by atoms with Gasteiger partial charge in [-0.3, -0.25) is 5.10 Å². The zero-order valence-electron chi connectivity index (χ0n) is 13.8. The zero-order valence-corrected chi connectivity index (χ0v) is 16.1. The van der Waals surface area contributed by atoms with E-state index in [-0.39, 0.29) is 30.1 Å². The molecule has 0 aliphatic carbocycles. The average Bonchev–Trinajstić information content (AvgIpc) is 2.96. The summed E-state index contributed by atoms with van der Waals surface area (Å²) in [6.45, 7) is 8.52. The van der Waals surface area contributed by atoms with Gasteiger partial charge in [-0.2, -0.15) is 5.10 Å². The van der Waals surface area contributed by atoms with Gasteiger partial charge in [0.25, 0.3) is 0 Å². The summed E-state index contributed by atoms with van der Waals surface area (Å²) in [5.74, 6) is 0.485. The van der Waals surface area contributed by atoms with Gasteiger partial charge in [0.1, 0.15) is 5.60 Å². The number of guanidine groups is 1. The molecular weight excluding hydrogens is 411 g/mol. The second-order valence-electron chi connectivity index (χ2n) is 6.21. The molecule has 1 fully saturated rings. The third-order valence-electron chi connectivity index (χ3n) is 3.23. The van der Waals surface area contributed by atoms with Gasteiger partial charge in [-0.1, -0.05) is 0 Å². The number of rotatable bonds is 2. The van der Waals surface area contributed by atoms with E-state index in [1.165, 1.54) is 0 Å². The molecule has 130 valence electrons. The zero-order chi connectivity index (χ0) is 16.2. The summed E-state index contributed by atoms with van der Waals surface area (Å²) in [6, 6.07) is 1.86. The van der Waals surface area contributed by atoms with E-state index >= 15 is 0 Å². The fraction of sp³-hybridized carbons (Fsp3) is 0.643. The maximum atomic E-state index is 12.0. The van der Waals surface area contributed by atoms with Crippen LogP contribution in [0.15, 0.2) is 17.3 Å². The number of hydrogen-bond donors (Lipinski definition) is 2. The van der Waals surface area contributed by atoms with Gasteiger partial charge in [0.05, 0.1) is 12.2 Å². The van der Waals surface area contributed by atoms with Crippen molar-refractivity contribution < 1.29 is 9.53 Å². The van der Waals surface area contributed by atoms with Gasteiger partial charge in [0.2, 0.25) is 0 Å². The number of aliphatic imine (C=N–C) groups is 1. The summed E-state index contributed by atoms with van der Waals surface area (Å²) >= 11 is 0. The van der Waals surface area contributed by atoms with E-state index in [9.17, 15) is 4.79 Å². The number of amides is 1. The van der Waals surface area contributed by atoms with Crippen molar-refractivity contribution in [3.63, 3.8) is 0 Å². The number of ether oxygens (including phenoxy) is 1. The molecule has 0 saturated carbocycles. The van der Waals surface area contributed by atoms with Crippen LogP contribution in [-0.4, -0.2) is 63.8 Å². The van der Waals surface area contributed by atoms with Crippen LogP contribution in [0.1, 0.15) is 26.5 Å². The summed E-state index contributed by atoms with van der Waals surface area (Å²) in [5.41, 5.74) is 6.43. The number of H-pyrrole nitrogens is 1. The van der Waals surface area contributed by atoms with Gasteiger partial charge in [0, 0.05) is 32.4 Å². The number of piperazine rings is 1. The van der Waals surface area contributed by atoms with Crippen molar-refractivity contribution in [2.45, 2.75) is 32.9 Å². The predicted molar refractivity (Wildman–Crippen MR) is 98.7 cm³/mol. The van der Waals surface area contributed by atoms with E-state index in [1.807, 2.05) is 31.7 Å². The van der Waals surface area contributed by atoms with Gasteiger partial charge in [0.15, 0.2) is 5.96 Å². The Bertz CT molecular complexity index is 518. The first kappa shape index (κ1) is 19.5. The van der Waals surface area contributed by atoms with Crippen LogP contribution < -0.4 is 5.73 Å². The molecular formula is C14H25IN6O2. The van der Waals surface area contributed by atoms with E-state index in [1.54, 1.807) is 11.1 Å². The molecule has 1 aliphatic heterocycles. The third kappa shape index (κ3) is 6.24. The molecule has 3 N–H and O–H groups in total. The summed E-state index contributed by atoms with van der Waals surface area (Å²) in [5, 5.41) is 6.70. The lowest BCUT2D eigenvalue weighted by molar-refractivity contribution is 0.0186. The Kier molecular flexibility index (Phi) is 7.10. The second-order valence-corrected chi connectivity index (χ2v) is 6.21. The molecule has 0 aromatic carbocycles. The SMILES string of the molecule is CC(C)(C)OC(=O)N1CCN(C(N)=NCc2ccn[nH]2)CC1.I. The maximum absolute atomic E-state index is 12.0. The largest absolute Gasteiger partial charge is 0.444 e. The van der Waals surface area contributed by atoms with E-state index < -0.39 is 5.60 Å². The minimum atomic E-state index is -0.473.